The molecule has 0 aliphatic carbocycles. The van der Waals surface area contributed by atoms with E-state index in [0.29, 0.717) is 6.42 Å². The Morgan fingerprint density at radius 3 is 1.09 bits per heavy atom. The predicted molar refractivity (Wildman–Crippen MR) is 285 cm³/mol. The largest absolute Gasteiger partial charge is 0.394 e. The lowest BCUT2D eigenvalue weighted by Crippen LogP contribution is -2.45. The van der Waals surface area contributed by atoms with Gasteiger partial charge in [-0.05, 0) is 70.6 Å². The zero-order chi connectivity index (χ0) is 46.3. The Hall–Kier alpha value is -2.17. The smallest absolute Gasteiger partial charge is 0.220 e. The summed E-state index contributed by atoms with van der Waals surface area (Å²) in [6.07, 6.45) is 79.2. The van der Waals surface area contributed by atoms with Crippen LogP contribution in [0.25, 0.3) is 0 Å². The van der Waals surface area contributed by atoms with Gasteiger partial charge >= 0.3 is 0 Å². The topological polar surface area (TPSA) is 69.6 Å². The summed E-state index contributed by atoms with van der Waals surface area (Å²) >= 11 is 0. The molecule has 0 saturated carbocycles. The lowest BCUT2D eigenvalue weighted by atomic mass is 10.0. The van der Waals surface area contributed by atoms with Gasteiger partial charge in [-0.1, -0.05) is 279 Å². The number of nitrogens with one attached hydrogen (secondary N) is 1. The highest BCUT2D eigenvalue weighted by Crippen LogP contribution is 2.17. The highest BCUT2D eigenvalue weighted by molar-refractivity contribution is 5.76. The van der Waals surface area contributed by atoms with Gasteiger partial charge in [-0.15, -0.1) is 0 Å². The molecule has 0 aliphatic rings. The number of carbonyl (C=O) groups excluding carboxylic acids is 1. The Balaban J connectivity index is 3.54. The van der Waals surface area contributed by atoms with Crippen molar-refractivity contribution in [2.45, 2.75) is 296 Å². The van der Waals surface area contributed by atoms with Crippen LogP contribution < -0.4 is 5.32 Å². The minimum atomic E-state index is -0.867. The van der Waals surface area contributed by atoms with Crippen molar-refractivity contribution >= 4 is 5.91 Å². The molecule has 1 amide bonds. The first-order chi connectivity index (χ1) is 31.7. The van der Waals surface area contributed by atoms with Crippen molar-refractivity contribution in [3.8, 4) is 0 Å². The molecule has 3 N–H and O–H groups in total. The van der Waals surface area contributed by atoms with Gasteiger partial charge in [0.25, 0.3) is 0 Å². The molecule has 4 heteroatoms. The lowest BCUT2D eigenvalue weighted by molar-refractivity contribution is -0.123. The molecule has 0 rings (SSSR count). The molecule has 0 aromatic rings. The molecule has 2 atom stereocenters. The summed E-state index contributed by atoms with van der Waals surface area (Å²) in [7, 11) is 0. The Labute approximate surface area is 399 Å². The van der Waals surface area contributed by atoms with Gasteiger partial charge in [0.2, 0.25) is 5.91 Å². The highest BCUT2D eigenvalue weighted by Gasteiger charge is 2.18. The molecule has 0 radical (unpaired) electrons. The van der Waals surface area contributed by atoms with Crippen LogP contribution in [-0.2, 0) is 4.79 Å². The normalized spacial score (nSPS) is 13.4. The number of carbonyl (C=O) groups is 1. The fourth-order valence-electron chi connectivity index (χ4n) is 8.42. The van der Waals surface area contributed by atoms with Crippen LogP contribution in [0, 0.1) is 0 Å². The van der Waals surface area contributed by atoms with E-state index in [1.54, 1.807) is 6.08 Å². The monoisotopic (exact) mass is 892 g/mol. The van der Waals surface area contributed by atoms with Gasteiger partial charge in [0.1, 0.15) is 0 Å². The average Bonchev–Trinajstić information content (AvgIpc) is 3.30. The number of aliphatic hydroxyl groups is 2. The second-order valence-electron chi connectivity index (χ2n) is 19.0. The summed E-state index contributed by atoms with van der Waals surface area (Å²) < 4.78 is 0. The number of aliphatic hydroxyl groups excluding tert-OH is 2. The van der Waals surface area contributed by atoms with Crippen molar-refractivity contribution in [1.82, 2.24) is 5.32 Å². The minimum Gasteiger partial charge on any atom is -0.394 e. The number of amides is 1. The van der Waals surface area contributed by atoms with Crippen LogP contribution in [0.15, 0.2) is 72.9 Å². The SMILES string of the molecule is CC/C=C\C/C=C\C/C=C\C/C=C\CCCCCCCCCCCCCCC(=O)NC(CO)C(O)/C=C/CC/C=C/CCCCCCCCCCCCCCCCCCCCCCC. The van der Waals surface area contributed by atoms with E-state index in [9.17, 15) is 15.0 Å². The summed E-state index contributed by atoms with van der Waals surface area (Å²) in [4.78, 5) is 12.5. The van der Waals surface area contributed by atoms with Gasteiger partial charge in [0, 0.05) is 6.42 Å². The van der Waals surface area contributed by atoms with Crippen molar-refractivity contribution in [3.63, 3.8) is 0 Å². The quantitative estimate of drug-likeness (QED) is 0.0421. The molecule has 0 bridgehead atoms. The Kier molecular flexibility index (Phi) is 53.3. The third kappa shape index (κ3) is 50.8. The van der Waals surface area contributed by atoms with E-state index in [0.717, 1.165) is 57.8 Å². The molecule has 0 aromatic carbocycles. The van der Waals surface area contributed by atoms with Crippen molar-refractivity contribution in [2.75, 3.05) is 6.61 Å². The molecule has 0 fully saturated rings. The second kappa shape index (κ2) is 55.2. The van der Waals surface area contributed by atoms with Crippen LogP contribution in [0.2, 0.25) is 0 Å². The number of allylic oxidation sites excluding steroid dienone is 11. The zero-order valence-electron chi connectivity index (χ0n) is 42.8. The van der Waals surface area contributed by atoms with Crippen LogP contribution in [0.3, 0.4) is 0 Å². The summed E-state index contributed by atoms with van der Waals surface area (Å²) in [5.41, 5.74) is 0. The van der Waals surface area contributed by atoms with E-state index >= 15 is 0 Å². The molecule has 0 spiro atoms. The van der Waals surface area contributed by atoms with Crippen LogP contribution >= 0.6 is 0 Å². The van der Waals surface area contributed by atoms with Gasteiger partial charge < -0.3 is 15.5 Å². The van der Waals surface area contributed by atoms with Gasteiger partial charge in [0.15, 0.2) is 0 Å². The third-order valence-corrected chi connectivity index (χ3v) is 12.7. The summed E-state index contributed by atoms with van der Waals surface area (Å²) in [6.45, 7) is 4.21. The van der Waals surface area contributed by atoms with E-state index in [4.69, 9.17) is 0 Å². The molecule has 0 heterocycles. The maximum atomic E-state index is 12.5. The molecule has 64 heavy (non-hydrogen) atoms. The van der Waals surface area contributed by atoms with Crippen LogP contribution in [0.4, 0.5) is 0 Å². The lowest BCUT2D eigenvalue weighted by Gasteiger charge is -2.19. The molecule has 0 aromatic heterocycles. The maximum absolute atomic E-state index is 12.5. The van der Waals surface area contributed by atoms with Crippen molar-refractivity contribution in [2.24, 2.45) is 0 Å². The average molecular weight is 893 g/mol. The summed E-state index contributed by atoms with van der Waals surface area (Å²) in [5, 5.41) is 23.2. The molecule has 4 nitrogen and oxygen atoms in total. The molecule has 0 aliphatic heterocycles. The summed E-state index contributed by atoms with van der Waals surface area (Å²) in [5.74, 6) is -0.0758. The van der Waals surface area contributed by atoms with E-state index in [2.05, 4.69) is 79.9 Å². The van der Waals surface area contributed by atoms with Crippen molar-refractivity contribution < 1.29 is 15.0 Å². The van der Waals surface area contributed by atoms with Crippen LogP contribution in [-0.4, -0.2) is 34.9 Å². The molecule has 2 unspecified atom stereocenters. The van der Waals surface area contributed by atoms with Gasteiger partial charge in [-0.2, -0.15) is 0 Å². The number of rotatable bonds is 51. The number of hydrogen-bond donors (Lipinski definition) is 3. The van der Waals surface area contributed by atoms with Gasteiger partial charge in [-0.3, -0.25) is 4.79 Å². The first-order valence-electron chi connectivity index (χ1n) is 28.2. The van der Waals surface area contributed by atoms with E-state index in [-0.39, 0.29) is 12.5 Å². The highest BCUT2D eigenvalue weighted by atomic mass is 16.3. The minimum absolute atomic E-state index is 0.0758. The molecular weight excluding hydrogens is 783 g/mol. The number of hydrogen-bond acceptors (Lipinski definition) is 3. The first-order valence-corrected chi connectivity index (χ1v) is 28.2. The van der Waals surface area contributed by atoms with Crippen molar-refractivity contribution in [1.29, 1.82) is 0 Å². The molecule has 372 valence electrons. The zero-order valence-corrected chi connectivity index (χ0v) is 42.8. The van der Waals surface area contributed by atoms with Gasteiger partial charge in [-0.25, -0.2) is 0 Å². The van der Waals surface area contributed by atoms with Crippen molar-refractivity contribution in [3.05, 3.63) is 72.9 Å². The standard InChI is InChI=1S/C60H109NO3/c1-3-5-7-9-11-13-15-17-19-21-23-25-27-29-30-32-33-35-37-39-41-43-45-47-49-51-53-55-59(63)58(57-62)61-60(64)56-54-52-50-48-46-44-42-40-38-36-34-31-28-26-24-22-20-18-16-14-12-10-8-6-4-2/h6,8,12,14,18,20,24,26,45,47,53,55,58-59,62-63H,3-5,7,9-11,13,15-17,19,21-23,25,27-44,46,48-52,54,56-57H2,1-2H3,(H,61,64)/b8-6-,14-12-,20-18-,26-24-,47-45+,55-53+. The molecule has 0 saturated heterocycles. The van der Waals surface area contributed by atoms with E-state index < -0.39 is 12.1 Å². The Morgan fingerprint density at radius 2 is 0.703 bits per heavy atom. The predicted octanol–water partition coefficient (Wildman–Crippen LogP) is 18.6. The van der Waals surface area contributed by atoms with E-state index in [1.165, 1.54) is 205 Å². The summed E-state index contributed by atoms with van der Waals surface area (Å²) in [6, 6.07) is -0.645. The molecular formula is C60H109NO3. The Bertz CT molecular complexity index is 1100. The fourth-order valence-corrected chi connectivity index (χ4v) is 8.42. The second-order valence-corrected chi connectivity index (χ2v) is 19.0. The fraction of sp³-hybridized carbons (Fsp3) is 0.783. The third-order valence-electron chi connectivity index (χ3n) is 12.7. The Morgan fingerprint density at radius 1 is 0.391 bits per heavy atom. The maximum Gasteiger partial charge on any atom is 0.220 e. The van der Waals surface area contributed by atoms with Crippen LogP contribution in [0.1, 0.15) is 284 Å². The van der Waals surface area contributed by atoms with E-state index in [1.807, 2.05) is 6.08 Å². The number of unbranched alkanes of at least 4 members (excludes halogenated alkanes) is 34. The van der Waals surface area contributed by atoms with Crippen LogP contribution in [0.5, 0.6) is 0 Å². The van der Waals surface area contributed by atoms with Gasteiger partial charge in [0.05, 0.1) is 18.8 Å². The first kappa shape index (κ1) is 61.8.